The number of sulfonamides is 1. The lowest BCUT2D eigenvalue weighted by atomic mass is 10.3. The maximum atomic E-state index is 11.3. The van der Waals surface area contributed by atoms with Crippen LogP contribution in [0.5, 0.6) is 0 Å². The summed E-state index contributed by atoms with van der Waals surface area (Å²) < 4.78 is 28.1. The van der Waals surface area contributed by atoms with Gasteiger partial charge in [0.15, 0.2) is 5.58 Å². The lowest BCUT2D eigenvalue weighted by molar-refractivity contribution is -0.388. The van der Waals surface area contributed by atoms with Crippen molar-refractivity contribution in [3.63, 3.8) is 0 Å². The van der Waals surface area contributed by atoms with Crippen LogP contribution in [0.25, 0.3) is 11.1 Å². The van der Waals surface area contributed by atoms with E-state index in [9.17, 15) is 18.5 Å². The molecule has 0 aliphatic carbocycles. The summed E-state index contributed by atoms with van der Waals surface area (Å²) in [4.78, 5) is 14.6. The normalized spacial score (nSPS) is 11.7. The molecular weight excluding hydrogens is 342 g/mol. The van der Waals surface area contributed by atoms with Crippen LogP contribution in [0.3, 0.4) is 0 Å². The van der Waals surface area contributed by atoms with Crippen molar-refractivity contribution in [2.45, 2.75) is 15.0 Å². The molecule has 3 aromatic rings. The van der Waals surface area contributed by atoms with Crippen LogP contribution in [0.1, 0.15) is 0 Å². The Labute approximate surface area is 134 Å². The van der Waals surface area contributed by atoms with E-state index in [4.69, 9.17) is 9.56 Å². The molecule has 0 saturated heterocycles. The molecular formula is C13H9N3O5S2. The van der Waals surface area contributed by atoms with E-state index < -0.39 is 14.9 Å². The van der Waals surface area contributed by atoms with Crippen LogP contribution in [-0.4, -0.2) is 18.3 Å². The van der Waals surface area contributed by atoms with Crippen molar-refractivity contribution >= 4 is 38.6 Å². The Kier molecular flexibility index (Phi) is 3.80. The van der Waals surface area contributed by atoms with Gasteiger partial charge in [-0.05, 0) is 36.0 Å². The highest BCUT2D eigenvalue weighted by molar-refractivity contribution is 7.99. The van der Waals surface area contributed by atoms with Crippen molar-refractivity contribution in [3.8, 4) is 0 Å². The number of para-hydroxylation sites is 2. The maximum absolute atomic E-state index is 11.3. The first kappa shape index (κ1) is 15.5. The van der Waals surface area contributed by atoms with Gasteiger partial charge in [-0.2, -0.15) is 0 Å². The molecule has 23 heavy (non-hydrogen) atoms. The molecule has 1 aromatic heterocycles. The highest BCUT2D eigenvalue weighted by atomic mass is 32.2. The van der Waals surface area contributed by atoms with Gasteiger partial charge in [0.05, 0.1) is 14.7 Å². The van der Waals surface area contributed by atoms with E-state index in [0.29, 0.717) is 11.1 Å². The predicted octanol–water partition coefficient (Wildman–Crippen LogP) is 2.53. The van der Waals surface area contributed by atoms with E-state index in [0.717, 1.165) is 17.8 Å². The third-order valence-corrected chi connectivity index (χ3v) is 4.75. The fraction of sp³-hybridized carbons (Fsp3) is 0. The third-order valence-electron chi connectivity index (χ3n) is 2.93. The quantitative estimate of drug-likeness (QED) is 0.564. The average molecular weight is 351 g/mol. The average Bonchev–Trinajstić information content (AvgIpc) is 2.88. The molecule has 0 spiro atoms. The largest absolute Gasteiger partial charge is 0.431 e. The van der Waals surface area contributed by atoms with E-state index >= 15 is 0 Å². The Bertz CT molecular complexity index is 980. The van der Waals surface area contributed by atoms with Crippen molar-refractivity contribution in [3.05, 3.63) is 52.6 Å². The van der Waals surface area contributed by atoms with Crippen molar-refractivity contribution in [1.82, 2.24) is 4.98 Å². The minimum Gasteiger partial charge on any atom is -0.431 e. The van der Waals surface area contributed by atoms with E-state index in [1.807, 2.05) is 0 Å². The molecule has 0 aliphatic rings. The van der Waals surface area contributed by atoms with Crippen LogP contribution in [-0.2, 0) is 10.0 Å². The summed E-state index contributed by atoms with van der Waals surface area (Å²) in [5.41, 5.74) is 0.793. The predicted molar refractivity (Wildman–Crippen MR) is 82.6 cm³/mol. The number of oxazole rings is 1. The molecule has 2 aromatic carbocycles. The van der Waals surface area contributed by atoms with Gasteiger partial charge in [-0.25, -0.2) is 18.5 Å². The molecule has 118 valence electrons. The zero-order chi connectivity index (χ0) is 16.6. The summed E-state index contributed by atoms with van der Waals surface area (Å²) >= 11 is 0.933. The molecule has 3 rings (SSSR count). The van der Waals surface area contributed by atoms with Crippen molar-refractivity contribution in [2.24, 2.45) is 5.14 Å². The van der Waals surface area contributed by atoms with Gasteiger partial charge < -0.3 is 4.42 Å². The summed E-state index contributed by atoms with van der Waals surface area (Å²) in [5.74, 6) is 0. The van der Waals surface area contributed by atoms with Gasteiger partial charge in [0.25, 0.3) is 10.9 Å². The number of benzene rings is 2. The van der Waals surface area contributed by atoms with Gasteiger partial charge in [-0.3, -0.25) is 10.1 Å². The number of nitrogens with zero attached hydrogens (tertiary/aromatic N) is 2. The Hall–Kier alpha value is -2.43. The number of aromatic nitrogens is 1. The van der Waals surface area contributed by atoms with Crippen LogP contribution in [0.4, 0.5) is 5.69 Å². The van der Waals surface area contributed by atoms with Crippen molar-refractivity contribution in [1.29, 1.82) is 0 Å². The van der Waals surface area contributed by atoms with Gasteiger partial charge in [0.2, 0.25) is 10.0 Å². The van der Waals surface area contributed by atoms with Crippen LogP contribution in [0.15, 0.2) is 61.9 Å². The number of hydrogen-bond acceptors (Lipinski definition) is 7. The summed E-state index contributed by atoms with van der Waals surface area (Å²) in [6.45, 7) is 0. The molecule has 0 fully saturated rings. The molecule has 0 unspecified atom stereocenters. The molecule has 8 nitrogen and oxygen atoms in total. The summed E-state index contributed by atoms with van der Waals surface area (Å²) in [6.07, 6.45) is 0. The highest BCUT2D eigenvalue weighted by Gasteiger charge is 2.21. The van der Waals surface area contributed by atoms with Crippen molar-refractivity contribution < 1.29 is 17.8 Å². The second kappa shape index (κ2) is 5.65. The SMILES string of the molecule is NS(=O)(=O)c1ccc(Sc2nc3ccccc3o2)c([N+](=O)[O-])c1. The first-order valence-electron chi connectivity index (χ1n) is 6.19. The van der Waals surface area contributed by atoms with Gasteiger partial charge in [0, 0.05) is 6.07 Å². The topological polar surface area (TPSA) is 129 Å². The second-order valence-electron chi connectivity index (χ2n) is 4.48. The monoisotopic (exact) mass is 351 g/mol. The summed E-state index contributed by atoms with van der Waals surface area (Å²) in [5, 5.41) is 16.4. The number of nitrogens with two attached hydrogens (primary N) is 1. The number of primary sulfonamides is 1. The van der Waals surface area contributed by atoms with Gasteiger partial charge in [-0.15, -0.1) is 0 Å². The van der Waals surface area contributed by atoms with E-state index in [1.165, 1.54) is 12.1 Å². The Morgan fingerprint density at radius 1 is 1.22 bits per heavy atom. The smallest absolute Gasteiger partial charge is 0.284 e. The summed E-state index contributed by atoms with van der Waals surface area (Å²) in [6, 6.07) is 10.5. The molecule has 0 atom stereocenters. The zero-order valence-corrected chi connectivity index (χ0v) is 13.0. The lowest BCUT2D eigenvalue weighted by Crippen LogP contribution is -2.12. The van der Waals surface area contributed by atoms with E-state index in [-0.39, 0.29) is 20.7 Å². The first-order chi connectivity index (χ1) is 10.8. The maximum Gasteiger partial charge on any atom is 0.284 e. The third kappa shape index (κ3) is 3.18. The Morgan fingerprint density at radius 2 is 1.96 bits per heavy atom. The number of hydrogen-bond donors (Lipinski definition) is 1. The number of rotatable bonds is 4. The molecule has 0 bridgehead atoms. The summed E-state index contributed by atoms with van der Waals surface area (Å²) in [7, 11) is -4.02. The van der Waals surface area contributed by atoms with Crippen molar-refractivity contribution in [2.75, 3.05) is 0 Å². The first-order valence-corrected chi connectivity index (χ1v) is 8.55. The van der Waals surface area contributed by atoms with Gasteiger partial charge in [-0.1, -0.05) is 12.1 Å². The van der Waals surface area contributed by atoms with Crippen LogP contribution >= 0.6 is 11.8 Å². The van der Waals surface area contributed by atoms with E-state index in [2.05, 4.69) is 4.98 Å². The fourth-order valence-electron chi connectivity index (χ4n) is 1.89. The standard InChI is InChI=1S/C13H9N3O5S2/c14-23(19,20)8-5-6-12(10(7-8)16(17)18)22-13-15-9-3-1-2-4-11(9)21-13/h1-7H,(H2,14,19,20). The van der Waals surface area contributed by atoms with Crippen LogP contribution in [0.2, 0.25) is 0 Å². The van der Waals surface area contributed by atoms with E-state index in [1.54, 1.807) is 24.3 Å². The molecule has 1 heterocycles. The minimum absolute atomic E-state index is 0.203. The van der Waals surface area contributed by atoms with Gasteiger partial charge in [0.1, 0.15) is 5.52 Å². The highest BCUT2D eigenvalue weighted by Crippen LogP contribution is 2.36. The number of nitro groups is 1. The molecule has 0 amide bonds. The minimum atomic E-state index is -4.02. The van der Waals surface area contributed by atoms with Crippen LogP contribution < -0.4 is 5.14 Å². The molecule has 0 aliphatic heterocycles. The zero-order valence-electron chi connectivity index (χ0n) is 11.4. The molecule has 10 heteroatoms. The molecule has 2 N–H and O–H groups in total. The molecule has 0 saturated carbocycles. The lowest BCUT2D eigenvalue weighted by Gasteiger charge is -2.02. The second-order valence-corrected chi connectivity index (χ2v) is 7.04. The Balaban J connectivity index is 2.03. The number of nitro benzene ring substituents is 1. The van der Waals surface area contributed by atoms with Gasteiger partial charge >= 0.3 is 0 Å². The van der Waals surface area contributed by atoms with Crippen LogP contribution in [0, 0.1) is 10.1 Å². The molecule has 0 radical (unpaired) electrons. The number of fused-ring (bicyclic) bond motifs is 1. The Morgan fingerprint density at radius 3 is 2.61 bits per heavy atom. The fourth-order valence-corrected chi connectivity index (χ4v) is 3.26.